The van der Waals surface area contributed by atoms with Gasteiger partial charge in [0.05, 0.1) is 5.52 Å². The van der Waals surface area contributed by atoms with Gasteiger partial charge in [-0.3, -0.25) is 4.68 Å². The summed E-state index contributed by atoms with van der Waals surface area (Å²) in [7, 11) is 1.80. The van der Waals surface area contributed by atoms with Gasteiger partial charge in [0.1, 0.15) is 17.7 Å². The molecule has 1 heterocycles. The maximum absolute atomic E-state index is 9.70. The molecule has 0 aliphatic carbocycles. The zero-order valence-corrected chi connectivity index (χ0v) is 8.47. The second kappa shape index (κ2) is 3.78. The molecule has 0 unspecified atom stereocenters. The van der Waals surface area contributed by atoms with Crippen LogP contribution in [0.15, 0.2) is 18.2 Å². The van der Waals surface area contributed by atoms with Crippen molar-refractivity contribution in [1.82, 2.24) is 9.78 Å². The lowest BCUT2D eigenvalue weighted by molar-refractivity contribution is 0.314. The Kier molecular flexibility index (Phi) is 2.47. The van der Waals surface area contributed by atoms with Crippen LogP contribution in [0.2, 0.25) is 0 Å². The zero-order valence-electron chi connectivity index (χ0n) is 8.47. The molecule has 0 bridgehead atoms. The fourth-order valence-electron chi connectivity index (χ4n) is 1.51. The standard InChI is InChI=1S/C10H13N3O2/c1-13-7-3-2-4-8(14)9(7)10(12-13)15-6-5-11/h2-4,14H,5-6,11H2,1H3. The maximum atomic E-state index is 9.70. The van der Waals surface area contributed by atoms with E-state index < -0.39 is 0 Å². The first kappa shape index (κ1) is 9.79. The van der Waals surface area contributed by atoms with Crippen molar-refractivity contribution in [2.75, 3.05) is 13.2 Å². The molecule has 0 saturated carbocycles. The summed E-state index contributed by atoms with van der Waals surface area (Å²) in [6.45, 7) is 0.812. The van der Waals surface area contributed by atoms with Gasteiger partial charge < -0.3 is 15.6 Å². The molecule has 0 radical (unpaired) electrons. The summed E-state index contributed by atoms with van der Waals surface area (Å²) in [4.78, 5) is 0. The second-order valence-corrected chi connectivity index (χ2v) is 3.24. The number of aryl methyl sites for hydroxylation is 1. The number of hydrogen-bond donors (Lipinski definition) is 2. The topological polar surface area (TPSA) is 73.3 Å². The van der Waals surface area contributed by atoms with Crippen molar-refractivity contribution in [3.63, 3.8) is 0 Å². The molecule has 2 aromatic rings. The summed E-state index contributed by atoms with van der Waals surface area (Å²) in [6.07, 6.45) is 0. The lowest BCUT2D eigenvalue weighted by Crippen LogP contribution is -2.11. The van der Waals surface area contributed by atoms with Crippen molar-refractivity contribution < 1.29 is 9.84 Å². The van der Waals surface area contributed by atoms with E-state index in [0.717, 1.165) is 5.52 Å². The van der Waals surface area contributed by atoms with Gasteiger partial charge in [-0.15, -0.1) is 5.10 Å². The van der Waals surface area contributed by atoms with Gasteiger partial charge in [-0.05, 0) is 12.1 Å². The van der Waals surface area contributed by atoms with Gasteiger partial charge in [0.15, 0.2) is 0 Å². The Balaban J connectivity index is 2.54. The Morgan fingerprint density at radius 2 is 2.33 bits per heavy atom. The first-order chi connectivity index (χ1) is 7.24. The zero-order chi connectivity index (χ0) is 10.8. The van der Waals surface area contributed by atoms with Crippen LogP contribution < -0.4 is 10.5 Å². The number of nitrogens with zero attached hydrogens (tertiary/aromatic N) is 2. The first-order valence-electron chi connectivity index (χ1n) is 4.71. The average molecular weight is 207 g/mol. The number of aromatic hydroxyl groups is 1. The van der Waals surface area contributed by atoms with Gasteiger partial charge in [0.2, 0.25) is 5.88 Å². The number of ether oxygens (including phenoxy) is 1. The van der Waals surface area contributed by atoms with Crippen LogP contribution in [0.1, 0.15) is 0 Å². The summed E-state index contributed by atoms with van der Waals surface area (Å²) >= 11 is 0. The van der Waals surface area contributed by atoms with E-state index in [4.69, 9.17) is 10.5 Å². The molecule has 0 saturated heterocycles. The van der Waals surface area contributed by atoms with E-state index in [1.165, 1.54) is 0 Å². The molecule has 0 amide bonds. The number of fused-ring (bicyclic) bond motifs is 1. The summed E-state index contributed by atoms with van der Waals surface area (Å²) in [5.74, 6) is 0.601. The van der Waals surface area contributed by atoms with Crippen LogP contribution in [0.5, 0.6) is 11.6 Å². The lowest BCUT2D eigenvalue weighted by atomic mass is 10.2. The van der Waals surface area contributed by atoms with Crippen molar-refractivity contribution in [2.24, 2.45) is 12.8 Å². The van der Waals surface area contributed by atoms with Crippen molar-refractivity contribution in [3.05, 3.63) is 18.2 Å². The molecular weight excluding hydrogens is 194 g/mol. The summed E-state index contributed by atoms with van der Waals surface area (Å²) in [6, 6.07) is 5.25. The van der Waals surface area contributed by atoms with Gasteiger partial charge >= 0.3 is 0 Å². The van der Waals surface area contributed by atoms with E-state index in [2.05, 4.69) is 5.10 Å². The first-order valence-corrected chi connectivity index (χ1v) is 4.71. The molecule has 15 heavy (non-hydrogen) atoms. The van der Waals surface area contributed by atoms with Gasteiger partial charge in [0, 0.05) is 13.6 Å². The molecular formula is C10H13N3O2. The van der Waals surface area contributed by atoms with E-state index in [1.807, 2.05) is 6.07 Å². The van der Waals surface area contributed by atoms with Gasteiger partial charge in [-0.25, -0.2) is 0 Å². The Morgan fingerprint density at radius 1 is 1.53 bits per heavy atom. The fourth-order valence-corrected chi connectivity index (χ4v) is 1.51. The molecule has 1 aromatic carbocycles. The largest absolute Gasteiger partial charge is 0.507 e. The molecule has 0 spiro atoms. The monoisotopic (exact) mass is 207 g/mol. The van der Waals surface area contributed by atoms with Crippen LogP contribution in [-0.4, -0.2) is 28.0 Å². The van der Waals surface area contributed by atoms with Gasteiger partial charge in [0.25, 0.3) is 0 Å². The van der Waals surface area contributed by atoms with Crippen molar-refractivity contribution >= 4 is 10.9 Å². The maximum Gasteiger partial charge on any atom is 0.244 e. The molecule has 0 aliphatic heterocycles. The third-order valence-corrected chi connectivity index (χ3v) is 2.18. The minimum atomic E-state index is 0.174. The minimum absolute atomic E-state index is 0.174. The Morgan fingerprint density at radius 3 is 3.07 bits per heavy atom. The van der Waals surface area contributed by atoms with E-state index in [9.17, 15) is 5.11 Å². The third kappa shape index (κ3) is 1.61. The molecule has 2 rings (SSSR count). The minimum Gasteiger partial charge on any atom is -0.507 e. The number of hydrogen-bond acceptors (Lipinski definition) is 4. The average Bonchev–Trinajstić information content (AvgIpc) is 2.55. The number of phenols is 1. The molecule has 1 aromatic heterocycles. The Labute approximate surface area is 87.1 Å². The predicted octanol–water partition coefficient (Wildman–Crippen LogP) is 0.616. The van der Waals surface area contributed by atoms with Crippen molar-refractivity contribution in [2.45, 2.75) is 0 Å². The van der Waals surface area contributed by atoms with Crippen molar-refractivity contribution in [1.29, 1.82) is 0 Å². The predicted molar refractivity (Wildman–Crippen MR) is 56.9 cm³/mol. The number of benzene rings is 1. The molecule has 0 fully saturated rings. The summed E-state index contributed by atoms with van der Waals surface area (Å²) < 4.78 is 7.02. The molecule has 0 aliphatic rings. The number of aromatic nitrogens is 2. The Bertz CT molecular complexity index is 479. The van der Waals surface area contributed by atoms with E-state index >= 15 is 0 Å². The highest BCUT2D eigenvalue weighted by molar-refractivity contribution is 5.90. The molecule has 3 N–H and O–H groups in total. The second-order valence-electron chi connectivity index (χ2n) is 3.24. The number of rotatable bonds is 3. The molecule has 5 heteroatoms. The normalized spacial score (nSPS) is 10.8. The quantitative estimate of drug-likeness (QED) is 0.773. The summed E-state index contributed by atoms with van der Waals surface area (Å²) in [5, 5.41) is 14.5. The van der Waals surface area contributed by atoms with E-state index in [-0.39, 0.29) is 5.75 Å². The molecule has 80 valence electrons. The third-order valence-electron chi connectivity index (χ3n) is 2.18. The van der Waals surface area contributed by atoms with Crippen LogP contribution in [0, 0.1) is 0 Å². The summed E-state index contributed by atoms with van der Waals surface area (Å²) in [5.41, 5.74) is 6.18. The number of nitrogens with two attached hydrogens (primary N) is 1. The van der Waals surface area contributed by atoms with Gasteiger partial charge in [-0.1, -0.05) is 6.07 Å². The molecule has 5 nitrogen and oxygen atoms in total. The van der Waals surface area contributed by atoms with Crippen LogP contribution in [0.3, 0.4) is 0 Å². The van der Waals surface area contributed by atoms with Crippen LogP contribution >= 0.6 is 0 Å². The highest BCUT2D eigenvalue weighted by atomic mass is 16.5. The van der Waals surface area contributed by atoms with Crippen LogP contribution in [-0.2, 0) is 7.05 Å². The highest BCUT2D eigenvalue weighted by Gasteiger charge is 2.12. The highest BCUT2D eigenvalue weighted by Crippen LogP contribution is 2.31. The van der Waals surface area contributed by atoms with Gasteiger partial charge in [-0.2, -0.15) is 0 Å². The SMILES string of the molecule is Cn1nc(OCCN)c2c(O)cccc21. The van der Waals surface area contributed by atoms with Crippen LogP contribution in [0.25, 0.3) is 10.9 Å². The fraction of sp³-hybridized carbons (Fsp3) is 0.300. The van der Waals surface area contributed by atoms with Crippen molar-refractivity contribution in [3.8, 4) is 11.6 Å². The number of phenolic OH excluding ortho intramolecular Hbond substituents is 1. The van der Waals surface area contributed by atoms with E-state index in [0.29, 0.717) is 24.4 Å². The smallest absolute Gasteiger partial charge is 0.244 e. The van der Waals surface area contributed by atoms with E-state index in [1.54, 1.807) is 23.9 Å². The van der Waals surface area contributed by atoms with Crippen LogP contribution in [0.4, 0.5) is 0 Å². The lowest BCUT2D eigenvalue weighted by Gasteiger charge is -2.00. The Hall–Kier alpha value is -1.75. The molecule has 0 atom stereocenters.